The van der Waals surface area contributed by atoms with Crippen molar-refractivity contribution in [2.75, 3.05) is 6.54 Å². The van der Waals surface area contributed by atoms with Crippen LogP contribution in [0.15, 0.2) is 64.0 Å². The molecule has 2 aromatic heterocycles. The number of hydrogen-bond donors (Lipinski definition) is 1. The first kappa shape index (κ1) is 16.7. The molecule has 0 aliphatic heterocycles. The molecule has 128 valence electrons. The molecule has 2 heterocycles. The third kappa shape index (κ3) is 4.44. The Labute approximate surface area is 145 Å². The second-order valence-corrected chi connectivity index (χ2v) is 5.77. The first-order valence-electron chi connectivity index (χ1n) is 8.06. The van der Waals surface area contributed by atoms with Gasteiger partial charge in [0, 0.05) is 12.6 Å². The smallest absolute Gasteiger partial charge is 0.266 e. The second kappa shape index (κ2) is 7.61. The highest BCUT2D eigenvalue weighted by atomic mass is 16.3. The fraction of sp³-hybridized carbons (Fsp3) is 0.211. The highest BCUT2D eigenvalue weighted by molar-refractivity contribution is 5.78. The second-order valence-electron chi connectivity index (χ2n) is 5.77. The Hall–Kier alpha value is -3.15. The van der Waals surface area contributed by atoms with Gasteiger partial charge in [0.05, 0.1) is 19.2 Å². The fourth-order valence-electron chi connectivity index (χ4n) is 2.42. The van der Waals surface area contributed by atoms with E-state index in [0.29, 0.717) is 31.0 Å². The minimum Gasteiger partial charge on any atom is -0.463 e. The first-order chi connectivity index (χ1) is 12.1. The van der Waals surface area contributed by atoms with Crippen molar-refractivity contribution in [1.29, 1.82) is 0 Å². The number of carbonyl (C=O) groups is 1. The van der Waals surface area contributed by atoms with E-state index in [1.807, 2.05) is 31.2 Å². The van der Waals surface area contributed by atoms with Gasteiger partial charge >= 0.3 is 0 Å². The monoisotopic (exact) mass is 337 g/mol. The summed E-state index contributed by atoms with van der Waals surface area (Å²) in [6.45, 7) is 2.64. The molecule has 1 amide bonds. The summed E-state index contributed by atoms with van der Waals surface area (Å²) in [6, 6.07) is 14.4. The molecule has 3 aromatic rings. The molecule has 0 saturated heterocycles. The maximum atomic E-state index is 12.0. The average molecular weight is 337 g/mol. The van der Waals surface area contributed by atoms with Crippen LogP contribution in [0.5, 0.6) is 0 Å². The van der Waals surface area contributed by atoms with Gasteiger partial charge in [-0.05, 0) is 30.7 Å². The topological polar surface area (TPSA) is 77.1 Å². The van der Waals surface area contributed by atoms with Crippen molar-refractivity contribution in [1.82, 2.24) is 15.1 Å². The van der Waals surface area contributed by atoms with Gasteiger partial charge in [-0.15, -0.1) is 0 Å². The molecule has 6 nitrogen and oxygen atoms in total. The summed E-state index contributed by atoms with van der Waals surface area (Å²) in [5, 5.41) is 7.08. The zero-order chi connectivity index (χ0) is 17.6. The third-order valence-corrected chi connectivity index (χ3v) is 3.77. The van der Waals surface area contributed by atoms with Gasteiger partial charge in [-0.2, -0.15) is 5.10 Å². The number of amides is 1. The third-order valence-electron chi connectivity index (χ3n) is 3.77. The normalized spacial score (nSPS) is 10.6. The molecule has 25 heavy (non-hydrogen) atoms. The van der Waals surface area contributed by atoms with E-state index in [2.05, 4.69) is 10.4 Å². The molecule has 0 bridgehead atoms. The molecule has 1 aromatic carbocycles. The minimum atomic E-state index is -0.219. The standard InChI is InChI=1S/C19H19N3O3/c1-14-4-6-15(7-5-14)13-18(23)20-10-11-22-19(24)9-8-16(21-22)17-3-2-12-25-17/h2-9,12H,10-11,13H2,1H3,(H,20,23). The molecule has 1 N–H and O–H groups in total. The lowest BCUT2D eigenvalue weighted by Crippen LogP contribution is -2.32. The molecule has 0 atom stereocenters. The summed E-state index contributed by atoms with van der Waals surface area (Å²) in [5.41, 5.74) is 2.47. The first-order valence-corrected chi connectivity index (χ1v) is 8.06. The van der Waals surface area contributed by atoms with E-state index < -0.39 is 0 Å². The summed E-state index contributed by atoms with van der Waals surface area (Å²) in [7, 11) is 0. The van der Waals surface area contributed by atoms with Crippen LogP contribution in [0.4, 0.5) is 0 Å². The van der Waals surface area contributed by atoms with Crippen LogP contribution < -0.4 is 10.9 Å². The van der Waals surface area contributed by atoms with Gasteiger partial charge in [0.15, 0.2) is 5.76 Å². The van der Waals surface area contributed by atoms with Crippen LogP contribution in [0.2, 0.25) is 0 Å². The number of furan rings is 1. The SMILES string of the molecule is Cc1ccc(CC(=O)NCCn2nc(-c3ccco3)ccc2=O)cc1. The van der Waals surface area contributed by atoms with E-state index in [1.54, 1.807) is 24.5 Å². The van der Waals surface area contributed by atoms with Crippen molar-refractivity contribution in [2.45, 2.75) is 19.9 Å². The number of nitrogens with one attached hydrogen (secondary N) is 1. The number of aryl methyl sites for hydroxylation is 1. The largest absolute Gasteiger partial charge is 0.463 e. The Kier molecular flexibility index (Phi) is 5.09. The van der Waals surface area contributed by atoms with Gasteiger partial charge < -0.3 is 9.73 Å². The van der Waals surface area contributed by atoms with Crippen LogP contribution in [0, 0.1) is 6.92 Å². The number of hydrogen-bond acceptors (Lipinski definition) is 4. The lowest BCUT2D eigenvalue weighted by Gasteiger charge is -2.08. The summed E-state index contributed by atoms with van der Waals surface area (Å²) >= 11 is 0. The summed E-state index contributed by atoms with van der Waals surface area (Å²) in [4.78, 5) is 23.9. The molecule has 0 radical (unpaired) electrons. The number of carbonyl (C=O) groups excluding carboxylic acids is 1. The molecule has 0 fully saturated rings. The average Bonchev–Trinajstić information content (AvgIpc) is 3.13. The van der Waals surface area contributed by atoms with Crippen LogP contribution in [0.25, 0.3) is 11.5 Å². The van der Waals surface area contributed by atoms with Crippen molar-refractivity contribution in [3.05, 3.63) is 76.3 Å². The Morgan fingerprint density at radius 2 is 1.96 bits per heavy atom. The van der Waals surface area contributed by atoms with Gasteiger partial charge in [0.1, 0.15) is 5.69 Å². The summed E-state index contributed by atoms with van der Waals surface area (Å²) in [5.74, 6) is 0.510. The van der Waals surface area contributed by atoms with E-state index in [4.69, 9.17) is 4.42 Å². The number of nitrogens with zero attached hydrogens (tertiary/aromatic N) is 2. The number of benzene rings is 1. The molecule has 6 heteroatoms. The van der Waals surface area contributed by atoms with Gasteiger partial charge in [-0.1, -0.05) is 29.8 Å². The number of aromatic nitrogens is 2. The van der Waals surface area contributed by atoms with Gasteiger partial charge in [0.2, 0.25) is 5.91 Å². The van der Waals surface area contributed by atoms with E-state index >= 15 is 0 Å². The lowest BCUT2D eigenvalue weighted by molar-refractivity contribution is -0.120. The molecular weight excluding hydrogens is 318 g/mol. The molecule has 3 rings (SSSR count). The van der Waals surface area contributed by atoms with Crippen LogP contribution >= 0.6 is 0 Å². The summed E-state index contributed by atoms with van der Waals surface area (Å²) in [6.07, 6.45) is 1.87. The minimum absolute atomic E-state index is 0.0842. The van der Waals surface area contributed by atoms with Crippen molar-refractivity contribution >= 4 is 5.91 Å². The van der Waals surface area contributed by atoms with Gasteiger partial charge in [-0.25, -0.2) is 4.68 Å². The quantitative estimate of drug-likeness (QED) is 0.748. The fourth-order valence-corrected chi connectivity index (χ4v) is 2.42. The van der Waals surface area contributed by atoms with E-state index in [1.165, 1.54) is 10.7 Å². The van der Waals surface area contributed by atoms with Crippen LogP contribution in [-0.4, -0.2) is 22.2 Å². The molecular formula is C19H19N3O3. The van der Waals surface area contributed by atoms with Crippen molar-refractivity contribution in [2.24, 2.45) is 0 Å². The molecule has 0 unspecified atom stereocenters. The maximum absolute atomic E-state index is 12.0. The zero-order valence-electron chi connectivity index (χ0n) is 13.9. The van der Waals surface area contributed by atoms with E-state index in [0.717, 1.165) is 11.1 Å². The van der Waals surface area contributed by atoms with Gasteiger partial charge in [-0.3, -0.25) is 9.59 Å². The zero-order valence-corrected chi connectivity index (χ0v) is 13.9. The highest BCUT2D eigenvalue weighted by Crippen LogP contribution is 2.14. The highest BCUT2D eigenvalue weighted by Gasteiger charge is 2.07. The van der Waals surface area contributed by atoms with Crippen molar-refractivity contribution in [3.63, 3.8) is 0 Å². The molecule has 0 spiro atoms. The van der Waals surface area contributed by atoms with Crippen LogP contribution in [0.3, 0.4) is 0 Å². The summed E-state index contributed by atoms with van der Waals surface area (Å²) < 4.78 is 6.61. The van der Waals surface area contributed by atoms with Crippen LogP contribution in [0.1, 0.15) is 11.1 Å². The van der Waals surface area contributed by atoms with E-state index in [9.17, 15) is 9.59 Å². The predicted molar refractivity (Wildman–Crippen MR) is 94.1 cm³/mol. The Morgan fingerprint density at radius 3 is 2.68 bits per heavy atom. The Balaban J connectivity index is 1.56. The maximum Gasteiger partial charge on any atom is 0.266 e. The lowest BCUT2D eigenvalue weighted by atomic mass is 10.1. The Morgan fingerprint density at radius 1 is 1.16 bits per heavy atom. The molecule has 0 aliphatic carbocycles. The van der Waals surface area contributed by atoms with E-state index in [-0.39, 0.29) is 11.5 Å². The van der Waals surface area contributed by atoms with Crippen molar-refractivity contribution < 1.29 is 9.21 Å². The Bertz CT molecular complexity index is 896. The molecule has 0 saturated carbocycles. The number of rotatable bonds is 6. The predicted octanol–water partition coefficient (Wildman–Crippen LogP) is 2.17. The molecule has 0 aliphatic rings. The van der Waals surface area contributed by atoms with Gasteiger partial charge in [0.25, 0.3) is 5.56 Å². The van der Waals surface area contributed by atoms with Crippen molar-refractivity contribution in [3.8, 4) is 11.5 Å². The van der Waals surface area contributed by atoms with Crippen LogP contribution in [-0.2, 0) is 17.8 Å².